The standard InChI is InChI=1S/C21H24N4O2/c1-5-6-16-18-17(25-20(22)24-16)12-11-15(23-18)13-7-9-14(10-8-13)19(26)27-21(2,3)4/h7-12H,5-6H2,1-4H3,(H2,22,24,25). The van der Waals surface area contributed by atoms with E-state index in [-0.39, 0.29) is 11.9 Å². The van der Waals surface area contributed by atoms with Gasteiger partial charge in [0.25, 0.3) is 0 Å². The van der Waals surface area contributed by atoms with Crippen molar-refractivity contribution in [2.24, 2.45) is 0 Å². The molecule has 0 aliphatic heterocycles. The van der Waals surface area contributed by atoms with Gasteiger partial charge in [0.15, 0.2) is 0 Å². The van der Waals surface area contributed by atoms with Gasteiger partial charge >= 0.3 is 5.97 Å². The van der Waals surface area contributed by atoms with Crippen molar-refractivity contribution in [2.75, 3.05) is 5.73 Å². The predicted molar refractivity (Wildman–Crippen MR) is 106 cm³/mol. The molecule has 140 valence electrons. The van der Waals surface area contributed by atoms with E-state index in [1.165, 1.54) is 0 Å². The largest absolute Gasteiger partial charge is 0.456 e. The number of rotatable bonds is 4. The van der Waals surface area contributed by atoms with Crippen molar-refractivity contribution >= 4 is 23.0 Å². The maximum atomic E-state index is 12.2. The van der Waals surface area contributed by atoms with Gasteiger partial charge in [-0.05, 0) is 51.5 Å². The van der Waals surface area contributed by atoms with E-state index in [0.717, 1.165) is 40.8 Å². The lowest BCUT2D eigenvalue weighted by atomic mass is 10.1. The fourth-order valence-electron chi connectivity index (χ4n) is 2.78. The number of aromatic nitrogens is 3. The van der Waals surface area contributed by atoms with Crippen LogP contribution < -0.4 is 5.73 Å². The number of hydrogen-bond acceptors (Lipinski definition) is 6. The van der Waals surface area contributed by atoms with Crippen LogP contribution in [0.5, 0.6) is 0 Å². The van der Waals surface area contributed by atoms with Crippen LogP contribution in [0.1, 0.15) is 50.2 Å². The van der Waals surface area contributed by atoms with Crippen molar-refractivity contribution in [3.8, 4) is 11.3 Å². The van der Waals surface area contributed by atoms with Crippen LogP contribution in [0.25, 0.3) is 22.3 Å². The quantitative estimate of drug-likeness (QED) is 0.698. The number of nitrogen functional groups attached to an aromatic ring is 1. The van der Waals surface area contributed by atoms with Crippen LogP contribution in [-0.2, 0) is 11.2 Å². The molecule has 6 heteroatoms. The summed E-state index contributed by atoms with van der Waals surface area (Å²) in [6, 6.07) is 11.0. The molecule has 3 aromatic rings. The maximum absolute atomic E-state index is 12.2. The normalized spacial score (nSPS) is 11.6. The summed E-state index contributed by atoms with van der Waals surface area (Å²) in [5, 5.41) is 0. The Balaban J connectivity index is 1.94. The van der Waals surface area contributed by atoms with Crippen molar-refractivity contribution in [2.45, 2.75) is 46.1 Å². The highest BCUT2D eigenvalue weighted by Gasteiger charge is 2.18. The first kappa shape index (κ1) is 18.8. The van der Waals surface area contributed by atoms with Crippen molar-refractivity contribution in [3.63, 3.8) is 0 Å². The molecular weight excluding hydrogens is 340 g/mol. The van der Waals surface area contributed by atoms with Crippen molar-refractivity contribution < 1.29 is 9.53 Å². The van der Waals surface area contributed by atoms with Crippen molar-refractivity contribution in [1.29, 1.82) is 0 Å². The molecular formula is C21H24N4O2. The summed E-state index contributed by atoms with van der Waals surface area (Å²) in [5.41, 5.74) is 9.84. The van der Waals surface area contributed by atoms with Crippen molar-refractivity contribution in [3.05, 3.63) is 47.7 Å². The van der Waals surface area contributed by atoms with Crippen LogP contribution in [0.3, 0.4) is 0 Å². The number of ether oxygens (including phenoxy) is 1. The minimum Gasteiger partial charge on any atom is -0.456 e. The summed E-state index contributed by atoms with van der Waals surface area (Å²) in [5.74, 6) is -0.0724. The van der Waals surface area contributed by atoms with Gasteiger partial charge in [0.2, 0.25) is 5.95 Å². The first-order valence-corrected chi connectivity index (χ1v) is 9.04. The Kier molecular flexibility index (Phi) is 5.08. The topological polar surface area (TPSA) is 91.0 Å². The molecule has 1 aromatic carbocycles. The number of fused-ring (bicyclic) bond motifs is 1. The van der Waals surface area contributed by atoms with Crippen LogP contribution in [0.4, 0.5) is 5.95 Å². The summed E-state index contributed by atoms with van der Waals surface area (Å²) in [7, 11) is 0. The second kappa shape index (κ2) is 7.31. The van der Waals surface area contributed by atoms with E-state index in [4.69, 9.17) is 15.5 Å². The van der Waals surface area contributed by atoms with Crippen LogP contribution >= 0.6 is 0 Å². The molecule has 0 saturated heterocycles. The zero-order valence-corrected chi connectivity index (χ0v) is 16.1. The number of pyridine rings is 1. The molecule has 2 aromatic heterocycles. The fourth-order valence-corrected chi connectivity index (χ4v) is 2.78. The fraction of sp³-hybridized carbons (Fsp3) is 0.333. The minimum absolute atomic E-state index is 0.266. The Hall–Kier alpha value is -3.02. The second-order valence-electron chi connectivity index (χ2n) is 7.42. The number of hydrogen-bond donors (Lipinski definition) is 1. The third-order valence-corrected chi connectivity index (χ3v) is 3.93. The van der Waals surface area contributed by atoms with Crippen LogP contribution in [0.15, 0.2) is 36.4 Å². The van der Waals surface area contributed by atoms with Gasteiger partial charge in [-0.2, -0.15) is 0 Å². The molecule has 0 unspecified atom stereocenters. The highest BCUT2D eigenvalue weighted by atomic mass is 16.6. The van der Waals surface area contributed by atoms with Crippen LogP contribution in [-0.4, -0.2) is 26.5 Å². The number of aryl methyl sites for hydroxylation is 1. The highest BCUT2D eigenvalue weighted by Crippen LogP contribution is 2.24. The first-order valence-electron chi connectivity index (χ1n) is 9.04. The van der Waals surface area contributed by atoms with E-state index < -0.39 is 5.60 Å². The molecule has 0 saturated carbocycles. The average Bonchev–Trinajstić information content (AvgIpc) is 2.60. The number of carbonyl (C=O) groups is 1. The summed E-state index contributed by atoms with van der Waals surface area (Å²) in [6.07, 6.45) is 1.74. The van der Waals surface area contributed by atoms with Crippen molar-refractivity contribution in [1.82, 2.24) is 15.0 Å². The van der Waals surface area contributed by atoms with Gasteiger partial charge in [-0.25, -0.2) is 19.7 Å². The van der Waals surface area contributed by atoms with Gasteiger partial charge in [0.1, 0.15) is 11.1 Å². The van der Waals surface area contributed by atoms with Gasteiger partial charge in [-0.3, -0.25) is 0 Å². The van der Waals surface area contributed by atoms with E-state index in [2.05, 4.69) is 16.9 Å². The number of benzene rings is 1. The lowest BCUT2D eigenvalue weighted by molar-refractivity contribution is 0.00695. The lowest BCUT2D eigenvalue weighted by Crippen LogP contribution is -2.23. The molecule has 0 aliphatic carbocycles. The Labute approximate surface area is 158 Å². The monoisotopic (exact) mass is 364 g/mol. The second-order valence-corrected chi connectivity index (χ2v) is 7.42. The van der Waals surface area contributed by atoms with E-state index in [0.29, 0.717) is 5.56 Å². The van der Waals surface area contributed by atoms with E-state index in [1.807, 2.05) is 45.0 Å². The van der Waals surface area contributed by atoms with Crippen LogP contribution in [0, 0.1) is 0 Å². The molecule has 0 bridgehead atoms. The Morgan fingerprint density at radius 2 is 1.74 bits per heavy atom. The molecule has 0 spiro atoms. The van der Waals surface area contributed by atoms with Crippen LogP contribution in [0.2, 0.25) is 0 Å². The molecule has 0 amide bonds. The summed E-state index contributed by atoms with van der Waals surface area (Å²) in [6.45, 7) is 7.63. The van der Waals surface area contributed by atoms with Gasteiger partial charge < -0.3 is 10.5 Å². The zero-order valence-electron chi connectivity index (χ0n) is 16.1. The summed E-state index contributed by atoms with van der Waals surface area (Å²) in [4.78, 5) is 25.5. The Bertz CT molecular complexity index is 976. The maximum Gasteiger partial charge on any atom is 0.338 e. The predicted octanol–water partition coefficient (Wildman–Crippen LogP) is 4.18. The number of nitrogens with zero attached hydrogens (tertiary/aromatic N) is 3. The average molecular weight is 364 g/mol. The molecule has 2 heterocycles. The molecule has 0 fully saturated rings. The summed E-state index contributed by atoms with van der Waals surface area (Å²) >= 11 is 0. The molecule has 6 nitrogen and oxygen atoms in total. The van der Waals surface area contributed by atoms with E-state index in [1.54, 1.807) is 12.1 Å². The SMILES string of the molecule is CCCc1nc(N)nc2ccc(-c3ccc(C(=O)OC(C)(C)C)cc3)nc12. The molecule has 0 radical (unpaired) electrons. The van der Waals surface area contributed by atoms with Gasteiger partial charge in [0, 0.05) is 5.56 Å². The van der Waals surface area contributed by atoms with Gasteiger partial charge in [-0.1, -0.05) is 25.5 Å². The smallest absolute Gasteiger partial charge is 0.338 e. The Morgan fingerprint density at radius 1 is 1.04 bits per heavy atom. The summed E-state index contributed by atoms with van der Waals surface area (Å²) < 4.78 is 5.40. The molecule has 0 atom stereocenters. The highest BCUT2D eigenvalue weighted by molar-refractivity contribution is 5.90. The third-order valence-electron chi connectivity index (χ3n) is 3.93. The number of carbonyl (C=O) groups excluding carboxylic acids is 1. The van der Waals surface area contributed by atoms with Gasteiger partial charge in [0.05, 0.1) is 22.5 Å². The number of anilines is 1. The molecule has 3 rings (SSSR count). The molecule has 2 N–H and O–H groups in total. The van der Waals surface area contributed by atoms with E-state index >= 15 is 0 Å². The first-order chi connectivity index (χ1) is 12.8. The van der Waals surface area contributed by atoms with E-state index in [9.17, 15) is 4.79 Å². The zero-order chi connectivity index (χ0) is 19.6. The lowest BCUT2D eigenvalue weighted by Gasteiger charge is -2.19. The number of esters is 1. The number of nitrogens with two attached hydrogens (primary N) is 1. The molecule has 0 aliphatic rings. The minimum atomic E-state index is -0.521. The third kappa shape index (κ3) is 4.39. The van der Waals surface area contributed by atoms with Gasteiger partial charge in [-0.15, -0.1) is 0 Å². The molecule has 27 heavy (non-hydrogen) atoms. The Morgan fingerprint density at radius 3 is 2.37 bits per heavy atom.